The van der Waals surface area contributed by atoms with Gasteiger partial charge < -0.3 is 0 Å². The number of sulfonamides is 1. The highest BCUT2D eigenvalue weighted by molar-refractivity contribution is 7.83. The fraction of sp³-hybridized carbons (Fsp3) is 1.00. The molecular formula is CH6NO2S+. The maximum absolute atomic E-state index is 9.52. The van der Waals surface area contributed by atoms with E-state index in [1.165, 1.54) is 0 Å². The van der Waals surface area contributed by atoms with Gasteiger partial charge in [0.2, 0.25) is 0 Å². The molecule has 4 heteroatoms. The molecule has 0 radical (unpaired) electrons. The van der Waals surface area contributed by atoms with Crippen LogP contribution in [0, 0.1) is 0 Å². The molecule has 0 aliphatic carbocycles. The Morgan fingerprint density at radius 2 is 1.60 bits per heavy atom. The van der Waals surface area contributed by atoms with Crippen molar-refractivity contribution in [2.75, 3.05) is 6.26 Å². The molecule has 3 N–H and O–H groups in total. The summed E-state index contributed by atoms with van der Waals surface area (Å²) < 4.78 is 19.0. The first-order valence-electron chi connectivity index (χ1n) is 1.03. The fourth-order valence-electron chi connectivity index (χ4n) is 0. The molecule has 0 saturated heterocycles. The van der Waals surface area contributed by atoms with E-state index in [9.17, 15) is 8.42 Å². The van der Waals surface area contributed by atoms with Gasteiger partial charge in [-0.1, -0.05) is 0 Å². The molecule has 0 heterocycles. The lowest BCUT2D eigenvalue weighted by molar-refractivity contribution is -0.163. The monoisotopic (exact) mass is 96.0 g/mol. The van der Waals surface area contributed by atoms with Crippen LogP contribution in [0.1, 0.15) is 0 Å². The molecule has 0 aromatic carbocycles. The van der Waals surface area contributed by atoms with Crippen molar-refractivity contribution >= 4 is 10.0 Å². The van der Waals surface area contributed by atoms with Gasteiger partial charge in [0.1, 0.15) is 0 Å². The van der Waals surface area contributed by atoms with Gasteiger partial charge >= 0.3 is 0 Å². The fourth-order valence-corrected chi connectivity index (χ4v) is 0. The normalized spacial score (nSPS) is 11.6. The van der Waals surface area contributed by atoms with Gasteiger partial charge in [0.05, 0.1) is 6.26 Å². The molecule has 0 unspecified atom stereocenters. The smallest absolute Gasteiger partial charge is 0.252 e. The second kappa shape index (κ2) is 0.948. The zero-order valence-corrected chi connectivity index (χ0v) is 3.75. The van der Waals surface area contributed by atoms with Crippen molar-refractivity contribution in [3.63, 3.8) is 0 Å². The Morgan fingerprint density at radius 3 is 1.60 bits per heavy atom. The highest BCUT2D eigenvalue weighted by atomic mass is 32.2. The summed E-state index contributed by atoms with van der Waals surface area (Å²) in [5, 5.41) is 2.74. The molecule has 0 aromatic heterocycles. The highest BCUT2D eigenvalue weighted by Crippen LogP contribution is 1.46. The first-order valence-corrected chi connectivity index (χ1v) is 3.09. The van der Waals surface area contributed by atoms with Crippen LogP contribution in [0.4, 0.5) is 0 Å². The zero-order valence-electron chi connectivity index (χ0n) is 2.93. The van der Waals surface area contributed by atoms with E-state index in [0.29, 0.717) is 0 Å². The van der Waals surface area contributed by atoms with Crippen LogP contribution in [0.2, 0.25) is 0 Å². The van der Waals surface area contributed by atoms with E-state index in [-0.39, 0.29) is 0 Å². The van der Waals surface area contributed by atoms with Crippen LogP contribution < -0.4 is 5.14 Å². The SMILES string of the molecule is CS([NH3+])(=O)=O. The maximum Gasteiger partial charge on any atom is 0.289 e. The van der Waals surface area contributed by atoms with Crippen molar-refractivity contribution in [2.24, 2.45) is 0 Å². The Hall–Kier alpha value is -0.0900. The number of hydrogen-bond acceptors (Lipinski definition) is 2. The molecule has 0 spiro atoms. The number of quaternary nitrogens is 1. The molecule has 0 aliphatic rings. The Kier molecular flexibility index (Phi) is 0.931. The average molecular weight is 96.1 g/mol. The van der Waals surface area contributed by atoms with Crippen molar-refractivity contribution < 1.29 is 13.6 Å². The van der Waals surface area contributed by atoms with Crippen LogP contribution in [0.5, 0.6) is 0 Å². The van der Waals surface area contributed by atoms with Crippen LogP contribution >= 0.6 is 0 Å². The van der Waals surface area contributed by atoms with E-state index in [2.05, 4.69) is 5.14 Å². The predicted molar refractivity (Wildman–Crippen MR) is 17.7 cm³/mol. The van der Waals surface area contributed by atoms with Gasteiger partial charge in [0.25, 0.3) is 10.0 Å². The third-order valence-electron chi connectivity index (χ3n) is 0. The van der Waals surface area contributed by atoms with Gasteiger partial charge in [-0.15, -0.1) is 0 Å². The third kappa shape index (κ3) is 1760. The Labute approximate surface area is 30.8 Å². The van der Waals surface area contributed by atoms with E-state index in [1.807, 2.05) is 0 Å². The van der Waals surface area contributed by atoms with Crippen molar-refractivity contribution in [1.29, 1.82) is 0 Å². The standard InChI is InChI=1S/CH5NO2S/c1-5(2,3)4/h1H3,(H2,2,3,4)/p+1. The lowest BCUT2D eigenvalue weighted by Crippen LogP contribution is -2.55. The Balaban J connectivity index is 4.06. The van der Waals surface area contributed by atoms with Crippen molar-refractivity contribution in [3.05, 3.63) is 0 Å². The molecule has 3 nitrogen and oxygen atoms in total. The lowest BCUT2D eigenvalue weighted by Gasteiger charge is -1.66. The summed E-state index contributed by atoms with van der Waals surface area (Å²) in [6.07, 6.45) is 1.05. The van der Waals surface area contributed by atoms with Crippen molar-refractivity contribution in [2.45, 2.75) is 0 Å². The first-order chi connectivity index (χ1) is 2.00. The van der Waals surface area contributed by atoms with Crippen LogP contribution in [-0.2, 0) is 10.0 Å². The second-order valence-corrected chi connectivity index (χ2v) is 2.78. The minimum atomic E-state index is -2.92. The van der Waals surface area contributed by atoms with Gasteiger partial charge in [0, 0.05) is 0 Å². The van der Waals surface area contributed by atoms with E-state index >= 15 is 0 Å². The quantitative estimate of drug-likeness (QED) is 0.386. The minimum Gasteiger partial charge on any atom is -0.252 e. The van der Waals surface area contributed by atoms with E-state index in [0.717, 1.165) is 6.26 Å². The van der Waals surface area contributed by atoms with Gasteiger partial charge in [-0.05, 0) is 0 Å². The number of hydrogen-bond donors (Lipinski definition) is 1. The van der Waals surface area contributed by atoms with E-state index in [4.69, 9.17) is 0 Å². The molecule has 0 bridgehead atoms. The van der Waals surface area contributed by atoms with Crippen LogP contribution in [0.3, 0.4) is 0 Å². The molecule has 0 amide bonds. The first kappa shape index (κ1) is 4.91. The van der Waals surface area contributed by atoms with Crippen LogP contribution in [0.25, 0.3) is 0 Å². The summed E-state index contributed by atoms with van der Waals surface area (Å²) in [5.74, 6) is 0. The Bertz CT molecular complexity index is 92.8. The molecule has 5 heavy (non-hydrogen) atoms. The van der Waals surface area contributed by atoms with E-state index in [1.54, 1.807) is 0 Å². The molecule has 0 aromatic rings. The van der Waals surface area contributed by atoms with Gasteiger partial charge in [-0.2, -0.15) is 8.42 Å². The summed E-state index contributed by atoms with van der Waals surface area (Å²) in [6.45, 7) is 0. The highest BCUT2D eigenvalue weighted by Gasteiger charge is 1.84. The van der Waals surface area contributed by atoms with Gasteiger partial charge in [-0.3, -0.25) is 5.14 Å². The molecule has 0 fully saturated rings. The Morgan fingerprint density at radius 1 is 1.60 bits per heavy atom. The van der Waals surface area contributed by atoms with Gasteiger partial charge in [-0.25, -0.2) is 0 Å². The van der Waals surface area contributed by atoms with Gasteiger partial charge in [0.15, 0.2) is 0 Å². The van der Waals surface area contributed by atoms with Crippen LogP contribution in [0.15, 0.2) is 0 Å². The topological polar surface area (TPSA) is 61.8 Å². The van der Waals surface area contributed by atoms with Crippen molar-refractivity contribution in [3.8, 4) is 0 Å². The lowest BCUT2D eigenvalue weighted by atomic mass is 12.0. The summed E-state index contributed by atoms with van der Waals surface area (Å²) in [5.41, 5.74) is 0. The second-order valence-electron chi connectivity index (χ2n) is 0.926. The third-order valence-corrected chi connectivity index (χ3v) is 0. The molecule has 0 saturated carbocycles. The summed E-state index contributed by atoms with van der Waals surface area (Å²) in [7, 11) is -2.92. The largest absolute Gasteiger partial charge is 0.289 e. The number of rotatable bonds is 0. The van der Waals surface area contributed by atoms with E-state index < -0.39 is 10.0 Å². The molecule has 0 aliphatic heterocycles. The molecule has 0 rings (SSSR count). The van der Waals surface area contributed by atoms with Crippen molar-refractivity contribution in [1.82, 2.24) is 0 Å². The summed E-state index contributed by atoms with van der Waals surface area (Å²) in [4.78, 5) is 0. The summed E-state index contributed by atoms with van der Waals surface area (Å²) >= 11 is 0. The maximum atomic E-state index is 9.52. The zero-order chi connectivity index (χ0) is 4.50. The molecule has 0 atom stereocenters. The summed E-state index contributed by atoms with van der Waals surface area (Å²) in [6, 6.07) is 0. The average Bonchev–Trinajstić information content (AvgIpc) is 0.722. The van der Waals surface area contributed by atoms with Crippen LogP contribution in [-0.4, -0.2) is 14.7 Å². The molecule has 32 valence electrons. The molecular weight excluding hydrogens is 90.1 g/mol. The predicted octanol–water partition coefficient (Wildman–Crippen LogP) is -1.81. The minimum absolute atomic E-state index is 1.05.